The summed E-state index contributed by atoms with van der Waals surface area (Å²) in [6.45, 7) is 2.75. The number of nitrogens with one attached hydrogen (secondary N) is 1. The van der Waals surface area contributed by atoms with Crippen LogP contribution in [-0.4, -0.2) is 47.7 Å². The highest BCUT2D eigenvalue weighted by Crippen LogP contribution is 2.32. The van der Waals surface area contributed by atoms with E-state index in [0.717, 1.165) is 25.9 Å². The average molecular weight is 398 g/mol. The fourth-order valence-corrected chi connectivity index (χ4v) is 4.14. The van der Waals surface area contributed by atoms with Crippen LogP contribution in [0.15, 0.2) is 48.5 Å². The number of ether oxygens (including phenoxy) is 1. The zero-order valence-corrected chi connectivity index (χ0v) is 15.9. The molecule has 0 amide bonds. The molecular weight excluding hydrogens is 375 g/mol. The minimum absolute atomic E-state index is 0.0769. The zero-order valence-electron chi connectivity index (χ0n) is 15.9. The van der Waals surface area contributed by atoms with Gasteiger partial charge in [-0.05, 0) is 56.1 Å². The number of hydrogen-bond donors (Lipinski definition) is 2. The van der Waals surface area contributed by atoms with Crippen LogP contribution >= 0.6 is 0 Å². The van der Waals surface area contributed by atoms with Crippen molar-refractivity contribution in [1.29, 1.82) is 0 Å². The van der Waals surface area contributed by atoms with E-state index >= 15 is 0 Å². The van der Waals surface area contributed by atoms with E-state index in [1.807, 2.05) is 0 Å². The number of hydrogen-bond acceptors (Lipinski definition) is 5. The summed E-state index contributed by atoms with van der Waals surface area (Å²) in [5, 5.41) is 12.2. The van der Waals surface area contributed by atoms with Crippen molar-refractivity contribution in [1.82, 2.24) is 4.90 Å². The van der Waals surface area contributed by atoms with Crippen LogP contribution in [0.4, 0.5) is 10.1 Å². The number of rotatable bonds is 6. The molecule has 1 unspecified atom stereocenters. The predicted octanol–water partition coefficient (Wildman–Crippen LogP) is 3.31. The van der Waals surface area contributed by atoms with Gasteiger partial charge in [-0.2, -0.15) is 0 Å². The summed E-state index contributed by atoms with van der Waals surface area (Å²) in [5.74, 6) is -1.83. The molecule has 29 heavy (non-hydrogen) atoms. The Balaban J connectivity index is 1.58. The molecule has 3 heterocycles. The third-order valence-electron chi connectivity index (χ3n) is 5.74. The molecule has 2 bridgehead atoms. The molecule has 0 saturated carbocycles. The standard InChI is InChI=1S/C22H23FN2O4/c23-18-7-2-1-6-17(18)20(24-16-5-3-4-15(12-16)21(26)27)22(28)29-19-13-25-10-8-14(19)9-11-25/h1-7,12,14,19-20,24H,8-11,13H2,(H,26,27)/t19-,20?/m0/s1. The first kappa shape index (κ1) is 19.4. The first-order valence-electron chi connectivity index (χ1n) is 9.78. The van der Waals surface area contributed by atoms with Crippen LogP contribution < -0.4 is 5.32 Å². The van der Waals surface area contributed by atoms with Crippen molar-refractivity contribution >= 4 is 17.6 Å². The molecule has 3 saturated heterocycles. The molecular formula is C22H23FN2O4. The molecule has 5 rings (SSSR count). The van der Waals surface area contributed by atoms with Crippen molar-refractivity contribution in [3.63, 3.8) is 0 Å². The normalized spacial score (nSPS) is 24.0. The molecule has 0 aromatic heterocycles. The van der Waals surface area contributed by atoms with Crippen LogP contribution in [-0.2, 0) is 9.53 Å². The lowest BCUT2D eigenvalue weighted by molar-refractivity contribution is -0.160. The number of carbonyl (C=O) groups is 2. The molecule has 2 atom stereocenters. The maximum absolute atomic E-state index is 14.5. The summed E-state index contributed by atoms with van der Waals surface area (Å²) in [4.78, 5) is 26.6. The summed E-state index contributed by atoms with van der Waals surface area (Å²) in [6, 6.07) is 11.0. The molecule has 0 spiro atoms. The van der Waals surface area contributed by atoms with E-state index in [4.69, 9.17) is 4.74 Å². The Hall–Kier alpha value is -2.93. The van der Waals surface area contributed by atoms with E-state index in [1.165, 1.54) is 24.3 Å². The number of anilines is 1. The highest BCUT2D eigenvalue weighted by molar-refractivity contribution is 5.89. The van der Waals surface area contributed by atoms with Crippen LogP contribution in [0.25, 0.3) is 0 Å². The van der Waals surface area contributed by atoms with Crippen molar-refractivity contribution < 1.29 is 23.8 Å². The average Bonchev–Trinajstić information content (AvgIpc) is 2.73. The summed E-state index contributed by atoms with van der Waals surface area (Å²) >= 11 is 0. The first-order valence-corrected chi connectivity index (χ1v) is 9.78. The van der Waals surface area contributed by atoms with E-state index in [2.05, 4.69) is 10.2 Å². The van der Waals surface area contributed by atoms with Gasteiger partial charge < -0.3 is 15.2 Å². The van der Waals surface area contributed by atoms with Crippen LogP contribution in [0, 0.1) is 11.7 Å². The van der Waals surface area contributed by atoms with Gasteiger partial charge in [-0.15, -0.1) is 0 Å². The monoisotopic (exact) mass is 398 g/mol. The molecule has 152 valence electrons. The van der Waals surface area contributed by atoms with Crippen LogP contribution in [0.5, 0.6) is 0 Å². The van der Waals surface area contributed by atoms with Crippen molar-refractivity contribution in [2.75, 3.05) is 25.0 Å². The fraction of sp³-hybridized carbons (Fsp3) is 0.364. The molecule has 2 aromatic rings. The van der Waals surface area contributed by atoms with Gasteiger partial charge in [0.1, 0.15) is 11.9 Å². The molecule has 7 heteroatoms. The molecule has 3 fully saturated rings. The number of carbonyl (C=O) groups excluding carboxylic acids is 1. The van der Waals surface area contributed by atoms with Gasteiger partial charge in [0, 0.05) is 17.8 Å². The van der Waals surface area contributed by atoms with Gasteiger partial charge in [-0.3, -0.25) is 4.90 Å². The second-order valence-corrected chi connectivity index (χ2v) is 7.60. The maximum Gasteiger partial charge on any atom is 0.335 e. The number of nitrogens with zero attached hydrogens (tertiary/aromatic N) is 1. The molecule has 2 aromatic carbocycles. The highest BCUT2D eigenvalue weighted by Gasteiger charge is 2.38. The van der Waals surface area contributed by atoms with E-state index < -0.39 is 23.8 Å². The Morgan fingerprint density at radius 2 is 1.90 bits per heavy atom. The smallest absolute Gasteiger partial charge is 0.335 e. The van der Waals surface area contributed by atoms with Crippen LogP contribution in [0.3, 0.4) is 0 Å². The van der Waals surface area contributed by atoms with Crippen LogP contribution in [0.2, 0.25) is 0 Å². The SMILES string of the molecule is O=C(O)c1cccc(NC(C(=O)O[C@H]2CN3CCC2CC3)c2ccccc2F)c1. The number of halogens is 1. The summed E-state index contributed by atoms with van der Waals surface area (Å²) in [7, 11) is 0. The van der Waals surface area contributed by atoms with Gasteiger partial charge in [0.05, 0.1) is 5.56 Å². The molecule has 0 radical (unpaired) electrons. The number of benzene rings is 2. The fourth-order valence-electron chi connectivity index (χ4n) is 4.14. The van der Waals surface area contributed by atoms with Gasteiger partial charge in [0.15, 0.2) is 6.04 Å². The van der Waals surface area contributed by atoms with Gasteiger partial charge >= 0.3 is 11.9 Å². The minimum Gasteiger partial charge on any atom is -0.478 e. The molecule has 6 nitrogen and oxygen atoms in total. The molecule has 0 aliphatic carbocycles. The number of piperidine rings is 3. The minimum atomic E-state index is -1.08. The zero-order chi connectivity index (χ0) is 20.4. The second-order valence-electron chi connectivity index (χ2n) is 7.60. The lowest BCUT2D eigenvalue weighted by atomic mass is 9.86. The maximum atomic E-state index is 14.5. The van der Waals surface area contributed by atoms with Crippen molar-refractivity contribution in [3.05, 3.63) is 65.5 Å². The van der Waals surface area contributed by atoms with Gasteiger partial charge in [-0.25, -0.2) is 14.0 Å². The van der Waals surface area contributed by atoms with E-state index in [1.54, 1.807) is 24.3 Å². The largest absolute Gasteiger partial charge is 0.478 e. The summed E-state index contributed by atoms with van der Waals surface area (Å²) in [6.07, 6.45) is 1.79. The summed E-state index contributed by atoms with van der Waals surface area (Å²) in [5.41, 5.74) is 0.650. The van der Waals surface area contributed by atoms with Gasteiger partial charge in [0.2, 0.25) is 0 Å². The Kier molecular flexibility index (Phi) is 5.49. The molecule has 3 aliphatic heterocycles. The van der Waals surface area contributed by atoms with E-state index in [-0.39, 0.29) is 17.2 Å². The Morgan fingerprint density at radius 1 is 1.14 bits per heavy atom. The van der Waals surface area contributed by atoms with Crippen LogP contribution in [0.1, 0.15) is 34.8 Å². The Labute approximate surface area is 168 Å². The highest BCUT2D eigenvalue weighted by atomic mass is 19.1. The van der Waals surface area contributed by atoms with Crippen molar-refractivity contribution in [2.24, 2.45) is 5.92 Å². The third-order valence-corrected chi connectivity index (χ3v) is 5.74. The van der Waals surface area contributed by atoms with E-state index in [9.17, 15) is 19.1 Å². The van der Waals surface area contributed by atoms with Gasteiger partial charge in [-0.1, -0.05) is 24.3 Å². The van der Waals surface area contributed by atoms with Crippen molar-refractivity contribution in [3.8, 4) is 0 Å². The number of esters is 1. The molecule has 2 N–H and O–H groups in total. The quantitative estimate of drug-likeness (QED) is 0.727. The van der Waals surface area contributed by atoms with Gasteiger partial charge in [0.25, 0.3) is 0 Å². The number of fused-ring (bicyclic) bond motifs is 3. The molecule has 3 aliphatic rings. The number of aromatic carboxylic acids is 1. The Bertz CT molecular complexity index is 911. The topological polar surface area (TPSA) is 78.9 Å². The first-order chi connectivity index (χ1) is 14.0. The summed E-state index contributed by atoms with van der Waals surface area (Å²) < 4.78 is 20.3. The second kappa shape index (κ2) is 8.21. The predicted molar refractivity (Wildman–Crippen MR) is 105 cm³/mol. The number of carboxylic acid groups (broad SMARTS) is 1. The lowest BCUT2D eigenvalue weighted by Gasteiger charge is -2.44. The number of carboxylic acids is 1. The Morgan fingerprint density at radius 3 is 2.55 bits per heavy atom. The third kappa shape index (κ3) is 4.24. The van der Waals surface area contributed by atoms with E-state index in [0.29, 0.717) is 18.2 Å². The van der Waals surface area contributed by atoms with Crippen molar-refractivity contribution in [2.45, 2.75) is 25.0 Å². The lowest BCUT2D eigenvalue weighted by Crippen LogP contribution is -2.52.